The Morgan fingerprint density at radius 1 is 1.20 bits per heavy atom. The van der Waals surface area contributed by atoms with Gasteiger partial charge in [0.15, 0.2) is 11.5 Å². The van der Waals surface area contributed by atoms with Crippen LogP contribution < -0.4 is 4.74 Å². The first-order chi connectivity index (χ1) is 12.2. The first-order valence-electron chi connectivity index (χ1n) is 7.60. The van der Waals surface area contributed by atoms with E-state index in [2.05, 4.69) is 20.3 Å². The highest BCUT2D eigenvalue weighted by molar-refractivity contribution is 5.81. The summed E-state index contributed by atoms with van der Waals surface area (Å²) in [6, 6.07) is 8.42. The van der Waals surface area contributed by atoms with Crippen LogP contribution in [0.5, 0.6) is 5.88 Å². The van der Waals surface area contributed by atoms with E-state index >= 15 is 0 Å². The molecule has 0 amide bonds. The van der Waals surface area contributed by atoms with E-state index in [9.17, 15) is 4.39 Å². The van der Waals surface area contributed by atoms with Gasteiger partial charge < -0.3 is 9.30 Å². The predicted octanol–water partition coefficient (Wildman–Crippen LogP) is 2.99. The van der Waals surface area contributed by atoms with Crippen molar-refractivity contribution >= 4 is 11.0 Å². The molecule has 0 saturated carbocycles. The number of aromatic nitrogens is 5. The van der Waals surface area contributed by atoms with Crippen molar-refractivity contribution < 1.29 is 13.8 Å². The summed E-state index contributed by atoms with van der Waals surface area (Å²) in [5, 5.41) is 7.71. The number of methoxy groups -OCH3 is 1. The van der Waals surface area contributed by atoms with Crippen LogP contribution in [0, 0.1) is 12.7 Å². The molecule has 4 aromatic rings. The maximum absolute atomic E-state index is 14.5. The number of fused-ring (bicyclic) bond motifs is 1. The standard InChI is InChI=1S/C17H14FN5O2/c1-10-15(22-25-21-10)17-20-13-5-3-4-12(18)16(13)23(17)9-11-6-7-14(24-2)19-8-11/h3-8H,9H2,1-2H3. The summed E-state index contributed by atoms with van der Waals surface area (Å²) < 4.78 is 26.1. The monoisotopic (exact) mass is 339 g/mol. The molecule has 126 valence electrons. The number of rotatable bonds is 4. The smallest absolute Gasteiger partial charge is 0.212 e. The van der Waals surface area contributed by atoms with E-state index in [4.69, 9.17) is 9.37 Å². The Morgan fingerprint density at radius 2 is 2.08 bits per heavy atom. The number of nitrogens with zero attached hydrogens (tertiary/aromatic N) is 5. The van der Waals surface area contributed by atoms with E-state index in [-0.39, 0.29) is 5.82 Å². The van der Waals surface area contributed by atoms with Gasteiger partial charge >= 0.3 is 0 Å². The minimum absolute atomic E-state index is 0.355. The molecule has 0 aliphatic heterocycles. The number of aryl methyl sites for hydroxylation is 1. The molecule has 4 rings (SSSR count). The van der Waals surface area contributed by atoms with Gasteiger partial charge in [0.1, 0.15) is 17.0 Å². The molecule has 0 saturated heterocycles. The van der Waals surface area contributed by atoms with Crippen LogP contribution in [-0.2, 0) is 6.54 Å². The average molecular weight is 339 g/mol. The van der Waals surface area contributed by atoms with Gasteiger partial charge in [-0.25, -0.2) is 19.0 Å². The topological polar surface area (TPSA) is 78.9 Å². The zero-order valence-electron chi connectivity index (χ0n) is 13.6. The molecule has 0 N–H and O–H groups in total. The number of para-hydroxylation sites is 1. The fourth-order valence-electron chi connectivity index (χ4n) is 2.72. The van der Waals surface area contributed by atoms with Crippen LogP contribution in [0.15, 0.2) is 41.2 Å². The Balaban J connectivity index is 1.89. The summed E-state index contributed by atoms with van der Waals surface area (Å²) in [6.07, 6.45) is 1.68. The van der Waals surface area contributed by atoms with Crippen molar-refractivity contribution in [1.29, 1.82) is 0 Å². The molecule has 3 aromatic heterocycles. The fraction of sp³-hybridized carbons (Fsp3) is 0.176. The van der Waals surface area contributed by atoms with Crippen LogP contribution in [0.1, 0.15) is 11.3 Å². The molecule has 0 fully saturated rings. The number of halogens is 1. The Labute approximate surface area is 142 Å². The van der Waals surface area contributed by atoms with E-state index < -0.39 is 0 Å². The molecule has 0 bridgehead atoms. The lowest BCUT2D eigenvalue weighted by Crippen LogP contribution is -2.04. The number of ether oxygens (including phenoxy) is 1. The molecule has 0 atom stereocenters. The Kier molecular flexibility index (Phi) is 3.64. The number of pyridine rings is 1. The second kappa shape index (κ2) is 5.97. The van der Waals surface area contributed by atoms with Crippen molar-refractivity contribution in [2.45, 2.75) is 13.5 Å². The van der Waals surface area contributed by atoms with Gasteiger partial charge in [0.25, 0.3) is 0 Å². The average Bonchev–Trinajstić information content (AvgIpc) is 3.20. The number of hydrogen-bond donors (Lipinski definition) is 0. The molecular formula is C17H14FN5O2. The molecule has 0 aliphatic carbocycles. The van der Waals surface area contributed by atoms with Gasteiger partial charge in [0, 0.05) is 12.3 Å². The molecule has 0 spiro atoms. The lowest BCUT2D eigenvalue weighted by Gasteiger charge is -2.09. The highest BCUT2D eigenvalue weighted by Crippen LogP contribution is 2.28. The summed E-state index contributed by atoms with van der Waals surface area (Å²) in [7, 11) is 1.55. The van der Waals surface area contributed by atoms with Crippen molar-refractivity contribution in [1.82, 2.24) is 24.8 Å². The van der Waals surface area contributed by atoms with Crippen LogP contribution in [0.3, 0.4) is 0 Å². The zero-order chi connectivity index (χ0) is 17.4. The SMILES string of the molecule is COc1ccc(Cn2c(-c3nonc3C)nc3cccc(F)c32)cn1. The summed E-state index contributed by atoms with van der Waals surface area (Å²) in [5.41, 5.74) is 2.88. The molecule has 8 heteroatoms. The van der Waals surface area contributed by atoms with Gasteiger partial charge in [0.05, 0.1) is 19.2 Å². The van der Waals surface area contributed by atoms with Crippen LogP contribution in [0.25, 0.3) is 22.6 Å². The summed E-state index contributed by atoms with van der Waals surface area (Å²) in [5.74, 6) is 0.656. The van der Waals surface area contributed by atoms with Gasteiger partial charge in [-0.3, -0.25) is 0 Å². The quantitative estimate of drug-likeness (QED) is 0.569. The van der Waals surface area contributed by atoms with E-state index in [1.807, 2.05) is 6.07 Å². The molecule has 0 aliphatic rings. The Bertz CT molecular complexity index is 1040. The molecular weight excluding hydrogens is 325 g/mol. The van der Waals surface area contributed by atoms with E-state index in [0.29, 0.717) is 40.7 Å². The third-order valence-corrected chi connectivity index (χ3v) is 3.93. The van der Waals surface area contributed by atoms with Gasteiger partial charge in [-0.1, -0.05) is 17.3 Å². The molecule has 0 unspecified atom stereocenters. The third kappa shape index (κ3) is 2.61. The fourth-order valence-corrected chi connectivity index (χ4v) is 2.72. The van der Waals surface area contributed by atoms with Crippen molar-refractivity contribution in [2.24, 2.45) is 0 Å². The number of hydrogen-bond acceptors (Lipinski definition) is 6. The van der Waals surface area contributed by atoms with Gasteiger partial charge in [-0.2, -0.15) is 0 Å². The normalized spacial score (nSPS) is 11.2. The van der Waals surface area contributed by atoms with Gasteiger partial charge in [-0.15, -0.1) is 0 Å². The molecule has 1 aromatic carbocycles. The molecule has 0 radical (unpaired) electrons. The van der Waals surface area contributed by atoms with E-state index in [1.165, 1.54) is 6.07 Å². The minimum atomic E-state index is -0.355. The second-order valence-corrected chi connectivity index (χ2v) is 5.54. The zero-order valence-corrected chi connectivity index (χ0v) is 13.6. The number of benzene rings is 1. The minimum Gasteiger partial charge on any atom is -0.481 e. The first kappa shape index (κ1) is 15.3. The molecule has 7 nitrogen and oxygen atoms in total. The van der Waals surface area contributed by atoms with Crippen LogP contribution in [0.4, 0.5) is 4.39 Å². The largest absolute Gasteiger partial charge is 0.481 e. The second-order valence-electron chi connectivity index (χ2n) is 5.54. The van der Waals surface area contributed by atoms with E-state index in [0.717, 1.165) is 5.56 Å². The van der Waals surface area contributed by atoms with Crippen molar-refractivity contribution in [3.8, 4) is 17.4 Å². The van der Waals surface area contributed by atoms with Crippen LogP contribution in [-0.4, -0.2) is 32.0 Å². The molecule has 25 heavy (non-hydrogen) atoms. The van der Waals surface area contributed by atoms with Crippen molar-refractivity contribution in [3.63, 3.8) is 0 Å². The highest BCUT2D eigenvalue weighted by atomic mass is 19.1. The third-order valence-electron chi connectivity index (χ3n) is 3.93. The number of imidazole rings is 1. The maximum atomic E-state index is 14.5. The summed E-state index contributed by atoms with van der Waals surface area (Å²) in [4.78, 5) is 8.72. The predicted molar refractivity (Wildman–Crippen MR) is 87.6 cm³/mol. The van der Waals surface area contributed by atoms with Crippen LogP contribution in [0.2, 0.25) is 0 Å². The van der Waals surface area contributed by atoms with Crippen LogP contribution >= 0.6 is 0 Å². The maximum Gasteiger partial charge on any atom is 0.212 e. The lowest BCUT2D eigenvalue weighted by atomic mass is 10.2. The highest BCUT2D eigenvalue weighted by Gasteiger charge is 2.20. The Morgan fingerprint density at radius 3 is 2.76 bits per heavy atom. The summed E-state index contributed by atoms with van der Waals surface area (Å²) in [6.45, 7) is 2.14. The first-order valence-corrected chi connectivity index (χ1v) is 7.60. The van der Waals surface area contributed by atoms with E-state index in [1.54, 1.807) is 43.0 Å². The van der Waals surface area contributed by atoms with Crippen molar-refractivity contribution in [2.75, 3.05) is 7.11 Å². The van der Waals surface area contributed by atoms with Gasteiger partial charge in [0.2, 0.25) is 5.88 Å². The van der Waals surface area contributed by atoms with Crippen molar-refractivity contribution in [3.05, 3.63) is 53.6 Å². The summed E-state index contributed by atoms with van der Waals surface area (Å²) >= 11 is 0. The van der Waals surface area contributed by atoms with Gasteiger partial charge in [-0.05, 0) is 29.8 Å². The molecule has 3 heterocycles. The lowest BCUT2D eigenvalue weighted by molar-refractivity contribution is 0.305. The Hall–Kier alpha value is -3.29.